The molecule has 130 valence electrons. The zero-order valence-electron chi connectivity index (χ0n) is 14.5. The molecule has 0 saturated carbocycles. The van der Waals surface area contributed by atoms with E-state index < -0.39 is 0 Å². The zero-order valence-corrected chi connectivity index (χ0v) is 14.5. The number of aryl methyl sites for hydroxylation is 1. The van der Waals surface area contributed by atoms with Crippen LogP contribution in [0.5, 0.6) is 11.5 Å². The minimum absolute atomic E-state index is 0.270. The van der Waals surface area contributed by atoms with Gasteiger partial charge in [0.25, 0.3) is 0 Å². The summed E-state index contributed by atoms with van der Waals surface area (Å²) in [6.07, 6.45) is 0. The van der Waals surface area contributed by atoms with Crippen molar-refractivity contribution in [1.82, 2.24) is 0 Å². The van der Waals surface area contributed by atoms with Gasteiger partial charge in [0.15, 0.2) is 5.96 Å². The van der Waals surface area contributed by atoms with Gasteiger partial charge >= 0.3 is 0 Å². The predicted molar refractivity (Wildman–Crippen MR) is 99.4 cm³/mol. The number of methoxy groups -OCH3 is 2. The highest BCUT2D eigenvalue weighted by atomic mass is 16.5. The van der Waals surface area contributed by atoms with Crippen molar-refractivity contribution in [3.05, 3.63) is 53.8 Å². The van der Waals surface area contributed by atoms with Crippen LogP contribution in [0.4, 0.5) is 5.69 Å². The smallest absolute Gasteiger partial charge is 0.193 e. The molecule has 1 aromatic heterocycles. The first kappa shape index (κ1) is 16.7. The Morgan fingerprint density at radius 3 is 2.68 bits per heavy atom. The molecule has 0 atom stereocenters. The van der Waals surface area contributed by atoms with Crippen LogP contribution in [-0.4, -0.2) is 20.2 Å². The molecule has 0 aliphatic rings. The number of anilines is 1. The summed E-state index contributed by atoms with van der Waals surface area (Å²) in [7, 11) is 3.20. The van der Waals surface area contributed by atoms with E-state index in [1.54, 1.807) is 26.4 Å². The molecule has 3 rings (SSSR count). The number of fused-ring (bicyclic) bond motifs is 1. The molecule has 0 aliphatic heterocycles. The molecule has 0 fully saturated rings. The van der Waals surface area contributed by atoms with Crippen LogP contribution in [0.25, 0.3) is 11.0 Å². The second kappa shape index (κ2) is 7.17. The fraction of sp³-hybridized carbons (Fsp3) is 0.211. The van der Waals surface area contributed by atoms with Gasteiger partial charge in [0, 0.05) is 17.0 Å². The highest BCUT2D eigenvalue weighted by molar-refractivity contribution is 5.94. The second-order valence-electron chi connectivity index (χ2n) is 5.54. The molecule has 6 heteroatoms. The van der Waals surface area contributed by atoms with E-state index in [-0.39, 0.29) is 5.96 Å². The maximum atomic E-state index is 6.01. The lowest BCUT2D eigenvalue weighted by atomic mass is 10.1. The first-order valence-corrected chi connectivity index (χ1v) is 7.88. The molecule has 3 N–H and O–H groups in total. The molecule has 6 nitrogen and oxygen atoms in total. The second-order valence-corrected chi connectivity index (χ2v) is 5.54. The third-order valence-electron chi connectivity index (χ3n) is 4.00. The van der Waals surface area contributed by atoms with E-state index in [0.29, 0.717) is 23.7 Å². The van der Waals surface area contributed by atoms with E-state index in [4.69, 9.17) is 19.6 Å². The lowest BCUT2D eigenvalue weighted by Crippen LogP contribution is -2.23. The lowest BCUT2D eigenvalue weighted by Gasteiger charge is -2.12. The largest absolute Gasteiger partial charge is 0.497 e. The average Bonchev–Trinajstić information content (AvgIpc) is 2.96. The number of hydrogen-bond donors (Lipinski definition) is 2. The summed E-state index contributed by atoms with van der Waals surface area (Å²) < 4.78 is 16.4. The number of rotatable bonds is 5. The van der Waals surface area contributed by atoms with Crippen molar-refractivity contribution in [3.63, 3.8) is 0 Å². The maximum Gasteiger partial charge on any atom is 0.193 e. The Labute approximate surface area is 146 Å². The van der Waals surface area contributed by atoms with Gasteiger partial charge < -0.3 is 24.9 Å². The predicted octanol–water partition coefficient (Wildman–Crippen LogP) is 3.69. The Bertz CT molecular complexity index is 915. The fourth-order valence-corrected chi connectivity index (χ4v) is 2.62. The standard InChI is InChI=1S/C19H21N3O3/c1-12-14-6-4-5-7-16(14)25-18(12)11-21-19(20)22-15-10-13(23-2)8-9-17(15)24-3/h4-10H,11H2,1-3H3,(H3,20,21,22). The van der Waals surface area contributed by atoms with E-state index in [9.17, 15) is 0 Å². The molecule has 1 heterocycles. The minimum Gasteiger partial charge on any atom is -0.497 e. The number of para-hydroxylation sites is 1. The number of aliphatic imine (C=N–C) groups is 1. The van der Waals surface area contributed by atoms with E-state index in [0.717, 1.165) is 22.3 Å². The minimum atomic E-state index is 0.270. The normalized spacial score (nSPS) is 11.6. The van der Waals surface area contributed by atoms with Crippen molar-refractivity contribution in [3.8, 4) is 11.5 Å². The summed E-state index contributed by atoms with van der Waals surface area (Å²) in [5, 5.41) is 4.13. The van der Waals surface area contributed by atoms with Crippen LogP contribution < -0.4 is 20.5 Å². The van der Waals surface area contributed by atoms with Crippen molar-refractivity contribution in [1.29, 1.82) is 0 Å². The van der Waals surface area contributed by atoms with Crippen LogP contribution in [0.15, 0.2) is 51.9 Å². The zero-order chi connectivity index (χ0) is 17.8. The maximum absolute atomic E-state index is 6.01. The number of furan rings is 1. The SMILES string of the molecule is COc1ccc(OC)c(NC(N)=NCc2oc3ccccc3c2C)c1. The Kier molecular flexibility index (Phi) is 4.79. The molecule has 0 unspecified atom stereocenters. The Morgan fingerprint density at radius 2 is 1.96 bits per heavy atom. The summed E-state index contributed by atoms with van der Waals surface area (Å²) in [6, 6.07) is 13.3. The third kappa shape index (κ3) is 3.52. The number of benzene rings is 2. The van der Waals surface area contributed by atoms with Crippen LogP contribution in [0.1, 0.15) is 11.3 Å². The number of ether oxygens (including phenoxy) is 2. The molecule has 3 aromatic rings. The van der Waals surface area contributed by atoms with Gasteiger partial charge in [-0.25, -0.2) is 4.99 Å². The van der Waals surface area contributed by atoms with E-state index >= 15 is 0 Å². The Morgan fingerprint density at radius 1 is 1.16 bits per heavy atom. The van der Waals surface area contributed by atoms with Crippen LogP contribution in [0.3, 0.4) is 0 Å². The number of nitrogens with two attached hydrogens (primary N) is 1. The molecular weight excluding hydrogens is 318 g/mol. The number of hydrogen-bond acceptors (Lipinski definition) is 4. The van der Waals surface area contributed by atoms with Crippen molar-refractivity contribution in [2.24, 2.45) is 10.7 Å². The molecule has 0 radical (unpaired) electrons. The van der Waals surface area contributed by atoms with Crippen molar-refractivity contribution in [2.45, 2.75) is 13.5 Å². The Hall–Kier alpha value is -3.15. The van der Waals surface area contributed by atoms with Crippen molar-refractivity contribution in [2.75, 3.05) is 19.5 Å². The van der Waals surface area contributed by atoms with Crippen LogP contribution in [0, 0.1) is 6.92 Å². The highest BCUT2D eigenvalue weighted by Gasteiger charge is 2.10. The number of nitrogens with one attached hydrogen (secondary N) is 1. The van der Waals surface area contributed by atoms with Gasteiger partial charge in [-0.1, -0.05) is 18.2 Å². The molecular formula is C19H21N3O3. The molecule has 0 spiro atoms. The molecule has 2 aromatic carbocycles. The van der Waals surface area contributed by atoms with Gasteiger partial charge in [-0.3, -0.25) is 0 Å². The summed E-state index contributed by atoms with van der Waals surface area (Å²) >= 11 is 0. The number of guanidine groups is 1. The molecule has 0 bridgehead atoms. The summed E-state index contributed by atoms with van der Waals surface area (Å²) in [4.78, 5) is 4.37. The first-order chi connectivity index (χ1) is 12.1. The molecule has 0 saturated heterocycles. The Balaban J connectivity index is 1.79. The van der Waals surface area contributed by atoms with Gasteiger partial charge in [0.2, 0.25) is 0 Å². The van der Waals surface area contributed by atoms with Crippen LogP contribution in [0.2, 0.25) is 0 Å². The van der Waals surface area contributed by atoms with Gasteiger partial charge in [0.05, 0.1) is 19.9 Å². The van der Waals surface area contributed by atoms with E-state index in [1.165, 1.54) is 0 Å². The monoisotopic (exact) mass is 339 g/mol. The lowest BCUT2D eigenvalue weighted by molar-refractivity contribution is 0.405. The van der Waals surface area contributed by atoms with Crippen molar-refractivity contribution < 1.29 is 13.9 Å². The van der Waals surface area contributed by atoms with Gasteiger partial charge in [-0.2, -0.15) is 0 Å². The summed E-state index contributed by atoms with van der Waals surface area (Å²) in [6.45, 7) is 2.37. The van der Waals surface area contributed by atoms with Crippen LogP contribution >= 0.6 is 0 Å². The summed E-state index contributed by atoms with van der Waals surface area (Å²) in [5.41, 5.74) is 8.63. The van der Waals surface area contributed by atoms with Gasteiger partial charge in [-0.05, 0) is 25.1 Å². The molecule has 0 aliphatic carbocycles. The quantitative estimate of drug-likeness (QED) is 0.547. The third-order valence-corrected chi connectivity index (χ3v) is 4.00. The molecule has 25 heavy (non-hydrogen) atoms. The first-order valence-electron chi connectivity index (χ1n) is 7.88. The average molecular weight is 339 g/mol. The van der Waals surface area contributed by atoms with Crippen molar-refractivity contribution >= 4 is 22.6 Å². The van der Waals surface area contributed by atoms with E-state index in [1.807, 2.05) is 37.3 Å². The van der Waals surface area contributed by atoms with Crippen LogP contribution in [-0.2, 0) is 6.54 Å². The highest BCUT2D eigenvalue weighted by Crippen LogP contribution is 2.29. The summed E-state index contributed by atoms with van der Waals surface area (Å²) in [5.74, 6) is 2.41. The number of nitrogens with zero attached hydrogens (tertiary/aromatic N) is 1. The van der Waals surface area contributed by atoms with E-state index in [2.05, 4.69) is 10.3 Å². The topological polar surface area (TPSA) is 82.0 Å². The fourth-order valence-electron chi connectivity index (χ4n) is 2.62. The van der Waals surface area contributed by atoms with Gasteiger partial charge in [0.1, 0.15) is 29.4 Å². The molecule has 0 amide bonds. The van der Waals surface area contributed by atoms with Gasteiger partial charge in [-0.15, -0.1) is 0 Å².